The van der Waals surface area contributed by atoms with E-state index in [9.17, 15) is 13.2 Å². The van der Waals surface area contributed by atoms with Gasteiger partial charge >= 0.3 is 0 Å². The Balaban J connectivity index is 1.38. The molecule has 1 saturated heterocycles. The molecule has 0 unspecified atom stereocenters. The number of amides is 1. The number of halogens is 1. The Kier molecular flexibility index (Phi) is 6.22. The lowest BCUT2D eigenvalue weighted by atomic mass is 10.2. The predicted molar refractivity (Wildman–Crippen MR) is 122 cm³/mol. The molecule has 31 heavy (non-hydrogen) atoms. The number of aromatic nitrogens is 2. The molecule has 0 saturated carbocycles. The summed E-state index contributed by atoms with van der Waals surface area (Å²) in [6, 6.07) is 14.8. The molecule has 0 bridgehead atoms. The van der Waals surface area contributed by atoms with Gasteiger partial charge in [0.05, 0.1) is 5.69 Å². The van der Waals surface area contributed by atoms with E-state index in [1.165, 1.54) is 15.8 Å². The van der Waals surface area contributed by atoms with Crippen molar-refractivity contribution in [1.82, 2.24) is 18.6 Å². The van der Waals surface area contributed by atoms with Crippen LogP contribution in [0.3, 0.4) is 0 Å². The molecule has 4 rings (SSSR count). The summed E-state index contributed by atoms with van der Waals surface area (Å²) in [5.41, 5.74) is 2.14. The van der Waals surface area contributed by atoms with Gasteiger partial charge in [-0.25, -0.2) is 13.4 Å². The van der Waals surface area contributed by atoms with Crippen molar-refractivity contribution in [3.05, 3.63) is 82.6 Å². The fraction of sp³-hybridized carbons (Fsp3) is 0.182. The maximum absolute atomic E-state index is 12.6. The summed E-state index contributed by atoms with van der Waals surface area (Å²) in [4.78, 5) is 18.5. The van der Waals surface area contributed by atoms with Gasteiger partial charge in [-0.1, -0.05) is 48.0 Å². The van der Waals surface area contributed by atoms with Crippen LogP contribution in [0.25, 0.3) is 17.8 Å². The molecule has 3 heterocycles. The summed E-state index contributed by atoms with van der Waals surface area (Å²) in [6.07, 6.45) is 6.48. The first-order chi connectivity index (χ1) is 14.9. The van der Waals surface area contributed by atoms with Crippen molar-refractivity contribution in [3.8, 4) is 0 Å². The lowest BCUT2D eigenvalue weighted by Crippen LogP contribution is -2.49. The fourth-order valence-electron chi connectivity index (χ4n) is 3.37. The van der Waals surface area contributed by atoms with E-state index >= 15 is 0 Å². The van der Waals surface area contributed by atoms with Crippen LogP contribution in [-0.2, 0) is 14.8 Å². The third-order valence-electron chi connectivity index (χ3n) is 5.05. The Morgan fingerprint density at radius 3 is 2.42 bits per heavy atom. The minimum Gasteiger partial charge on any atom is -0.337 e. The summed E-state index contributed by atoms with van der Waals surface area (Å²) < 4.78 is 28.3. The Bertz CT molecular complexity index is 1240. The maximum atomic E-state index is 12.6. The first kappa shape index (κ1) is 21.3. The minimum atomic E-state index is -3.54. The molecule has 1 amide bonds. The average Bonchev–Trinajstić information content (AvgIpc) is 3.12. The van der Waals surface area contributed by atoms with E-state index in [-0.39, 0.29) is 19.0 Å². The second-order valence-corrected chi connectivity index (χ2v) is 9.21. The number of sulfonamides is 1. The van der Waals surface area contributed by atoms with Gasteiger partial charge in [-0.3, -0.25) is 9.20 Å². The van der Waals surface area contributed by atoms with E-state index in [4.69, 9.17) is 11.6 Å². The Morgan fingerprint density at radius 2 is 1.68 bits per heavy atom. The van der Waals surface area contributed by atoms with E-state index in [0.717, 1.165) is 5.56 Å². The zero-order valence-electron chi connectivity index (χ0n) is 16.6. The third-order valence-corrected chi connectivity index (χ3v) is 6.89. The van der Waals surface area contributed by atoms with Crippen LogP contribution in [0.1, 0.15) is 11.3 Å². The smallest absolute Gasteiger partial charge is 0.246 e. The van der Waals surface area contributed by atoms with Crippen molar-refractivity contribution in [3.63, 3.8) is 0 Å². The lowest BCUT2D eigenvalue weighted by molar-refractivity contribution is -0.127. The van der Waals surface area contributed by atoms with Crippen molar-refractivity contribution in [2.75, 3.05) is 26.2 Å². The Labute approximate surface area is 185 Å². The number of hydrogen-bond donors (Lipinski definition) is 0. The van der Waals surface area contributed by atoms with Crippen LogP contribution in [0, 0.1) is 0 Å². The van der Waals surface area contributed by atoms with Crippen molar-refractivity contribution in [2.24, 2.45) is 0 Å². The first-order valence-electron chi connectivity index (χ1n) is 9.77. The van der Waals surface area contributed by atoms with Crippen molar-refractivity contribution in [2.45, 2.75) is 0 Å². The zero-order chi connectivity index (χ0) is 21.8. The predicted octanol–water partition coefficient (Wildman–Crippen LogP) is 3.15. The molecule has 3 aromatic rings. The molecule has 1 aliphatic heterocycles. The monoisotopic (exact) mass is 456 g/mol. The van der Waals surface area contributed by atoms with E-state index in [0.29, 0.717) is 29.6 Å². The summed E-state index contributed by atoms with van der Waals surface area (Å²) in [5.74, 6) is -0.196. The number of nitrogens with zero attached hydrogens (tertiary/aromatic N) is 4. The molecular weight excluding hydrogens is 436 g/mol. The van der Waals surface area contributed by atoms with Gasteiger partial charge in [0.1, 0.15) is 5.65 Å². The SMILES string of the molecule is O=C(/C=C/c1c(Cl)nc2ccccn12)N1CCN(S(=O)(=O)/C=C/c2ccccc2)CC1. The molecule has 1 aromatic carbocycles. The summed E-state index contributed by atoms with van der Waals surface area (Å²) in [5, 5.41) is 1.53. The molecule has 7 nitrogen and oxygen atoms in total. The minimum absolute atomic E-state index is 0.196. The van der Waals surface area contributed by atoms with Gasteiger partial charge in [-0.15, -0.1) is 0 Å². The van der Waals surface area contributed by atoms with Crippen LogP contribution < -0.4 is 0 Å². The highest BCUT2D eigenvalue weighted by atomic mass is 35.5. The van der Waals surface area contributed by atoms with Crippen molar-refractivity contribution < 1.29 is 13.2 Å². The Hall–Kier alpha value is -2.94. The summed E-state index contributed by atoms with van der Waals surface area (Å²) in [7, 11) is -3.54. The number of carbonyl (C=O) groups excluding carboxylic acids is 1. The van der Waals surface area contributed by atoms with Gasteiger partial charge < -0.3 is 4.90 Å². The number of carbonyl (C=O) groups is 1. The molecule has 9 heteroatoms. The zero-order valence-corrected chi connectivity index (χ0v) is 18.2. The molecule has 160 valence electrons. The average molecular weight is 457 g/mol. The normalized spacial score (nSPS) is 16.0. The first-order valence-corrected chi connectivity index (χ1v) is 11.6. The molecule has 0 aliphatic carbocycles. The summed E-state index contributed by atoms with van der Waals surface area (Å²) in [6.45, 7) is 1.14. The highest BCUT2D eigenvalue weighted by molar-refractivity contribution is 7.92. The third kappa shape index (κ3) is 4.87. The highest BCUT2D eigenvalue weighted by Gasteiger charge is 2.26. The van der Waals surface area contributed by atoms with Crippen LogP contribution in [0.4, 0.5) is 0 Å². The number of pyridine rings is 1. The van der Waals surface area contributed by atoms with E-state index in [1.807, 2.05) is 54.7 Å². The van der Waals surface area contributed by atoms with Gasteiger partial charge in [-0.2, -0.15) is 4.31 Å². The van der Waals surface area contributed by atoms with Crippen molar-refractivity contribution >= 4 is 45.3 Å². The molecule has 0 radical (unpaired) electrons. The molecule has 0 spiro atoms. The molecule has 1 fully saturated rings. The van der Waals surface area contributed by atoms with Crippen LogP contribution in [-0.4, -0.2) is 59.1 Å². The van der Waals surface area contributed by atoms with Gasteiger partial charge in [-0.05, 0) is 29.8 Å². The molecule has 2 aromatic heterocycles. The number of benzene rings is 1. The quantitative estimate of drug-likeness (QED) is 0.553. The van der Waals surface area contributed by atoms with Crippen LogP contribution in [0.2, 0.25) is 5.15 Å². The largest absolute Gasteiger partial charge is 0.337 e. The number of imidazole rings is 1. The Morgan fingerprint density at radius 1 is 0.968 bits per heavy atom. The topological polar surface area (TPSA) is 75.0 Å². The summed E-state index contributed by atoms with van der Waals surface area (Å²) >= 11 is 6.19. The number of fused-ring (bicyclic) bond motifs is 1. The van der Waals surface area contributed by atoms with E-state index in [2.05, 4.69) is 4.98 Å². The second-order valence-electron chi connectivity index (χ2n) is 7.03. The molecular formula is C22H21ClN4O3S. The maximum Gasteiger partial charge on any atom is 0.246 e. The standard InChI is InChI=1S/C22H21ClN4O3S/c23-22-19(27-12-5-4-8-20(27)24-22)9-10-21(28)25-13-15-26(16-14-25)31(29,30)17-11-18-6-2-1-3-7-18/h1-12,17H,13-16H2/b10-9+,17-11+. The van der Waals surface area contributed by atoms with Crippen LogP contribution in [0.5, 0.6) is 0 Å². The second kappa shape index (κ2) is 9.05. The molecule has 0 N–H and O–H groups in total. The van der Waals surface area contributed by atoms with E-state index < -0.39 is 10.0 Å². The lowest BCUT2D eigenvalue weighted by Gasteiger charge is -2.32. The number of rotatable bonds is 5. The van der Waals surface area contributed by atoms with Gasteiger partial charge in [0.25, 0.3) is 0 Å². The van der Waals surface area contributed by atoms with Gasteiger partial charge in [0, 0.05) is 43.9 Å². The number of piperazine rings is 1. The fourth-order valence-corrected chi connectivity index (χ4v) is 4.78. The van der Waals surface area contributed by atoms with Crippen LogP contribution in [0.15, 0.2) is 66.2 Å². The van der Waals surface area contributed by atoms with Gasteiger partial charge in [0.15, 0.2) is 5.15 Å². The van der Waals surface area contributed by atoms with Gasteiger partial charge in [0.2, 0.25) is 15.9 Å². The van der Waals surface area contributed by atoms with Crippen molar-refractivity contribution in [1.29, 1.82) is 0 Å². The number of hydrogen-bond acceptors (Lipinski definition) is 4. The van der Waals surface area contributed by atoms with Crippen LogP contribution >= 0.6 is 11.6 Å². The molecule has 1 aliphatic rings. The van der Waals surface area contributed by atoms with E-state index in [1.54, 1.807) is 21.5 Å². The highest BCUT2D eigenvalue weighted by Crippen LogP contribution is 2.19. The molecule has 0 atom stereocenters.